The SMILES string of the molecule is CC(C)(C)[S+]([O-])N[C@@](CF)(CC=O)c1cccc(F)c1F. The van der Waals surface area contributed by atoms with E-state index >= 15 is 0 Å². The van der Waals surface area contributed by atoms with Crippen molar-refractivity contribution in [2.24, 2.45) is 0 Å². The lowest BCUT2D eigenvalue weighted by Crippen LogP contribution is -2.53. The summed E-state index contributed by atoms with van der Waals surface area (Å²) in [6.45, 7) is 3.72. The molecule has 3 nitrogen and oxygen atoms in total. The fraction of sp³-hybridized carbons (Fsp3) is 0.500. The molecule has 1 aromatic rings. The van der Waals surface area contributed by atoms with Crippen LogP contribution < -0.4 is 4.72 Å². The Kier molecular flexibility index (Phi) is 5.83. The number of hydrogen-bond acceptors (Lipinski definition) is 3. The number of carbonyl (C=O) groups is 1. The average Bonchev–Trinajstić information content (AvgIpc) is 2.40. The zero-order valence-corrected chi connectivity index (χ0v) is 12.9. The molecule has 0 saturated carbocycles. The standard InChI is InChI=1S/C14H18F3NO2S/c1-13(2,3)21(20)18-14(9-15,7-8-19)10-5-4-6-11(16)12(10)17/h4-6,8,18H,7,9H2,1-3H3/t14-,21?/m1/s1. The second-order valence-corrected chi connectivity index (χ2v) is 7.64. The van der Waals surface area contributed by atoms with Gasteiger partial charge in [-0.25, -0.2) is 13.2 Å². The number of benzene rings is 1. The van der Waals surface area contributed by atoms with Gasteiger partial charge in [0.15, 0.2) is 11.6 Å². The Hall–Kier alpha value is -1.05. The van der Waals surface area contributed by atoms with Crippen molar-refractivity contribution in [3.63, 3.8) is 0 Å². The lowest BCUT2D eigenvalue weighted by atomic mass is 9.89. The van der Waals surface area contributed by atoms with E-state index in [1.165, 1.54) is 12.1 Å². The van der Waals surface area contributed by atoms with E-state index < -0.39 is 46.4 Å². The van der Waals surface area contributed by atoms with Gasteiger partial charge in [-0.05, 0) is 26.8 Å². The minimum absolute atomic E-state index is 0.352. The largest absolute Gasteiger partial charge is 0.598 e. The maximum atomic E-state index is 14.0. The molecule has 21 heavy (non-hydrogen) atoms. The minimum atomic E-state index is -1.86. The van der Waals surface area contributed by atoms with Crippen LogP contribution in [0.5, 0.6) is 0 Å². The molecule has 1 rings (SSSR count). The molecule has 0 aliphatic rings. The van der Waals surface area contributed by atoms with Crippen LogP contribution >= 0.6 is 0 Å². The van der Waals surface area contributed by atoms with Crippen LogP contribution in [0.1, 0.15) is 32.8 Å². The topological polar surface area (TPSA) is 52.2 Å². The molecule has 1 N–H and O–H groups in total. The molecule has 0 radical (unpaired) electrons. The molecule has 0 aliphatic heterocycles. The van der Waals surface area contributed by atoms with Crippen molar-refractivity contribution in [3.8, 4) is 0 Å². The molecule has 0 spiro atoms. The number of nitrogens with one attached hydrogen (secondary N) is 1. The summed E-state index contributed by atoms with van der Waals surface area (Å²) in [6, 6.07) is 3.28. The van der Waals surface area contributed by atoms with E-state index in [2.05, 4.69) is 4.72 Å². The molecule has 0 heterocycles. The van der Waals surface area contributed by atoms with E-state index in [0.717, 1.165) is 6.07 Å². The second-order valence-electron chi connectivity index (χ2n) is 5.67. The van der Waals surface area contributed by atoms with Crippen LogP contribution in [0.15, 0.2) is 18.2 Å². The lowest BCUT2D eigenvalue weighted by molar-refractivity contribution is -0.109. The van der Waals surface area contributed by atoms with Crippen LogP contribution in [-0.2, 0) is 21.7 Å². The monoisotopic (exact) mass is 321 g/mol. The van der Waals surface area contributed by atoms with Gasteiger partial charge >= 0.3 is 0 Å². The predicted octanol–water partition coefficient (Wildman–Crippen LogP) is 2.77. The van der Waals surface area contributed by atoms with Gasteiger partial charge < -0.3 is 9.35 Å². The molecule has 1 unspecified atom stereocenters. The van der Waals surface area contributed by atoms with E-state index in [1.54, 1.807) is 20.8 Å². The normalized spacial score (nSPS) is 16.3. The van der Waals surface area contributed by atoms with Crippen LogP contribution in [0.2, 0.25) is 0 Å². The molecule has 7 heteroatoms. The van der Waals surface area contributed by atoms with Crippen molar-refractivity contribution in [3.05, 3.63) is 35.4 Å². The zero-order chi connectivity index (χ0) is 16.3. The van der Waals surface area contributed by atoms with E-state index in [4.69, 9.17) is 0 Å². The van der Waals surface area contributed by atoms with E-state index in [-0.39, 0.29) is 5.56 Å². The number of aldehydes is 1. The average molecular weight is 321 g/mol. The Morgan fingerprint density at radius 1 is 1.33 bits per heavy atom. The molecule has 0 bridgehead atoms. The summed E-state index contributed by atoms with van der Waals surface area (Å²) in [4.78, 5) is 10.9. The summed E-state index contributed by atoms with van der Waals surface area (Å²) in [5.74, 6) is -2.41. The van der Waals surface area contributed by atoms with Crippen LogP contribution in [0.25, 0.3) is 0 Å². The summed E-state index contributed by atoms with van der Waals surface area (Å²) in [7, 11) is 0. The molecule has 0 aromatic heterocycles. The molecule has 0 fully saturated rings. The van der Waals surface area contributed by atoms with Crippen LogP contribution in [0.3, 0.4) is 0 Å². The first-order valence-electron chi connectivity index (χ1n) is 6.32. The van der Waals surface area contributed by atoms with Crippen LogP contribution in [0.4, 0.5) is 13.2 Å². The fourth-order valence-electron chi connectivity index (χ4n) is 1.71. The molecule has 1 aromatic carbocycles. The van der Waals surface area contributed by atoms with Crippen LogP contribution in [-0.4, -0.2) is 22.3 Å². The zero-order valence-electron chi connectivity index (χ0n) is 12.1. The maximum Gasteiger partial charge on any atom is 0.164 e. The van der Waals surface area contributed by atoms with E-state index in [0.29, 0.717) is 6.29 Å². The van der Waals surface area contributed by atoms with Gasteiger partial charge in [0.1, 0.15) is 23.2 Å². The molecule has 0 amide bonds. The number of halogens is 3. The molecular weight excluding hydrogens is 303 g/mol. The van der Waals surface area contributed by atoms with Crippen molar-refractivity contribution in [2.45, 2.75) is 37.5 Å². The maximum absolute atomic E-state index is 14.0. The second kappa shape index (κ2) is 6.81. The third-order valence-electron chi connectivity index (χ3n) is 2.97. The van der Waals surface area contributed by atoms with Gasteiger partial charge in [-0.1, -0.05) is 12.1 Å². The third-order valence-corrected chi connectivity index (χ3v) is 4.66. The Bertz CT molecular complexity index is 507. The Balaban J connectivity index is 3.32. The third kappa shape index (κ3) is 3.99. The van der Waals surface area contributed by atoms with Crippen molar-refractivity contribution in [2.75, 3.05) is 6.67 Å². The van der Waals surface area contributed by atoms with E-state index in [1.807, 2.05) is 0 Å². The number of alkyl halides is 1. The first-order chi connectivity index (χ1) is 9.68. The number of hydrogen-bond donors (Lipinski definition) is 1. The highest BCUT2D eigenvalue weighted by Crippen LogP contribution is 2.31. The van der Waals surface area contributed by atoms with Gasteiger partial charge in [0.05, 0.1) is 0 Å². The Morgan fingerprint density at radius 3 is 2.43 bits per heavy atom. The lowest BCUT2D eigenvalue weighted by Gasteiger charge is -2.35. The quantitative estimate of drug-likeness (QED) is 0.647. The van der Waals surface area contributed by atoms with Gasteiger partial charge in [0.25, 0.3) is 0 Å². The Labute approximate surface area is 125 Å². The Morgan fingerprint density at radius 2 is 1.95 bits per heavy atom. The van der Waals surface area contributed by atoms with Crippen LogP contribution in [0, 0.1) is 11.6 Å². The highest BCUT2D eigenvalue weighted by Gasteiger charge is 2.43. The van der Waals surface area contributed by atoms with Gasteiger partial charge in [-0.2, -0.15) is 0 Å². The molecule has 0 aliphatic carbocycles. The molecule has 2 atom stereocenters. The number of carbonyl (C=O) groups excluding carboxylic acids is 1. The van der Waals surface area contributed by atoms with Crippen molar-refractivity contribution >= 4 is 17.6 Å². The highest BCUT2D eigenvalue weighted by atomic mass is 32.2. The summed E-state index contributed by atoms with van der Waals surface area (Å²) < 4.78 is 54.8. The summed E-state index contributed by atoms with van der Waals surface area (Å²) in [5.41, 5.74) is -2.21. The first-order valence-corrected chi connectivity index (χ1v) is 7.47. The van der Waals surface area contributed by atoms with Crippen molar-refractivity contribution in [1.82, 2.24) is 4.72 Å². The fourth-order valence-corrected chi connectivity index (χ4v) is 2.62. The molecule has 118 valence electrons. The van der Waals surface area contributed by atoms with Gasteiger partial charge in [0.2, 0.25) is 0 Å². The first kappa shape index (κ1) is 18.0. The van der Waals surface area contributed by atoms with E-state index in [9.17, 15) is 22.5 Å². The molecular formula is C14H18F3NO2S. The number of rotatable bonds is 6. The summed E-state index contributed by atoms with van der Waals surface area (Å²) >= 11 is -1.76. The van der Waals surface area contributed by atoms with Gasteiger partial charge in [-0.15, -0.1) is 4.72 Å². The highest BCUT2D eigenvalue weighted by molar-refractivity contribution is 7.90. The predicted molar refractivity (Wildman–Crippen MR) is 75.7 cm³/mol. The van der Waals surface area contributed by atoms with Gasteiger partial charge in [0, 0.05) is 23.3 Å². The summed E-state index contributed by atoms with van der Waals surface area (Å²) in [5, 5.41) is 0. The smallest absolute Gasteiger partial charge is 0.164 e. The summed E-state index contributed by atoms with van der Waals surface area (Å²) in [6.07, 6.45) is -0.0809. The van der Waals surface area contributed by atoms with Gasteiger partial charge in [-0.3, -0.25) is 0 Å². The van der Waals surface area contributed by atoms with Crippen molar-refractivity contribution in [1.29, 1.82) is 0 Å². The van der Waals surface area contributed by atoms with Crippen molar-refractivity contribution < 1.29 is 22.5 Å². The minimum Gasteiger partial charge on any atom is -0.598 e. The molecule has 0 saturated heterocycles.